The maximum absolute atomic E-state index is 13.5. The van der Waals surface area contributed by atoms with Crippen molar-refractivity contribution in [1.82, 2.24) is 15.1 Å². The lowest BCUT2D eigenvalue weighted by atomic mass is 10.1. The summed E-state index contributed by atoms with van der Waals surface area (Å²) in [6, 6.07) is 16.2. The molecule has 3 atom stereocenters. The van der Waals surface area contributed by atoms with Crippen LogP contribution in [0.15, 0.2) is 54.6 Å². The molecule has 2 heterocycles. The Labute approximate surface area is 189 Å². The van der Waals surface area contributed by atoms with Crippen molar-refractivity contribution < 1.29 is 14.4 Å². The van der Waals surface area contributed by atoms with E-state index in [1.165, 1.54) is 0 Å². The first kappa shape index (κ1) is 22.1. The molecule has 0 aromatic heterocycles. The number of benzene rings is 2. The van der Waals surface area contributed by atoms with Crippen LogP contribution in [0, 0.1) is 6.92 Å². The molecule has 0 radical (unpaired) electrons. The fraction of sp³-hybridized carbons (Fsp3) is 0.423. The van der Waals surface area contributed by atoms with E-state index in [0.29, 0.717) is 31.5 Å². The van der Waals surface area contributed by atoms with Gasteiger partial charge in [-0.05, 0) is 56.7 Å². The molecule has 2 aliphatic heterocycles. The predicted octanol–water partition coefficient (Wildman–Crippen LogP) is 3.47. The van der Waals surface area contributed by atoms with Crippen LogP contribution in [0.3, 0.4) is 0 Å². The lowest BCUT2D eigenvalue weighted by Gasteiger charge is -2.31. The van der Waals surface area contributed by atoms with Gasteiger partial charge in [0.05, 0.1) is 6.04 Å². The molecule has 6 nitrogen and oxygen atoms in total. The fourth-order valence-corrected chi connectivity index (χ4v) is 4.86. The van der Waals surface area contributed by atoms with Gasteiger partial charge in [-0.3, -0.25) is 14.4 Å². The highest BCUT2D eigenvalue weighted by atomic mass is 16.2. The summed E-state index contributed by atoms with van der Waals surface area (Å²) < 4.78 is 0. The van der Waals surface area contributed by atoms with Crippen molar-refractivity contribution >= 4 is 17.7 Å². The first-order valence-corrected chi connectivity index (χ1v) is 11.5. The minimum atomic E-state index is -0.498. The van der Waals surface area contributed by atoms with Gasteiger partial charge in [-0.25, -0.2) is 0 Å². The molecule has 0 aliphatic carbocycles. The van der Waals surface area contributed by atoms with E-state index in [4.69, 9.17) is 0 Å². The minimum Gasteiger partial charge on any atom is -0.348 e. The minimum absolute atomic E-state index is 0.100. The Hall–Kier alpha value is -3.15. The highest BCUT2D eigenvalue weighted by molar-refractivity contribution is 5.99. The standard InChI is InChI=1S/C26H31N3O3/c1-18-10-6-7-13-21(18)25(31)29-17-9-15-23(29)26(32)28-16-8-14-22(28)24(30)27-19(2)20-11-4-3-5-12-20/h3-7,10-13,19,22-23H,8-9,14-17H2,1-2H3,(H,27,30)/t19-,22-,23-/m0/s1. The van der Waals surface area contributed by atoms with E-state index < -0.39 is 12.1 Å². The van der Waals surface area contributed by atoms with Crippen LogP contribution in [-0.2, 0) is 9.59 Å². The number of amides is 3. The van der Waals surface area contributed by atoms with Crippen LogP contribution in [0.1, 0.15) is 60.1 Å². The fourth-order valence-electron chi connectivity index (χ4n) is 4.86. The number of nitrogens with zero attached hydrogens (tertiary/aromatic N) is 2. The zero-order chi connectivity index (χ0) is 22.7. The van der Waals surface area contributed by atoms with Crippen LogP contribution < -0.4 is 5.32 Å². The van der Waals surface area contributed by atoms with E-state index in [0.717, 1.165) is 24.0 Å². The Morgan fingerprint density at radius 3 is 2.22 bits per heavy atom. The van der Waals surface area contributed by atoms with Gasteiger partial charge < -0.3 is 15.1 Å². The third-order valence-corrected chi connectivity index (χ3v) is 6.67. The van der Waals surface area contributed by atoms with E-state index in [1.54, 1.807) is 9.80 Å². The van der Waals surface area contributed by atoms with Gasteiger partial charge in [0.15, 0.2) is 0 Å². The summed E-state index contributed by atoms with van der Waals surface area (Å²) in [5, 5.41) is 3.07. The molecule has 6 heteroatoms. The number of carbonyl (C=O) groups excluding carboxylic acids is 3. The topological polar surface area (TPSA) is 69.7 Å². The molecule has 2 aromatic carbocycles. The molecule has 2 aromatic rings. The Bertz CT molecular complexity index is 991. The van der Waals surface area contributed by atoms with Crippen LogP contribution in [-0.4, -0.2) is 52.7 Å². The van der Waals surface area contributed by atoms with E-state index in [9.17, 15) is 14.4 Å². The molecule has 32 heavy (non-hydrogen) atoms. The molecule has 1 N–H and O–H groups in total. The number of likely N-dealkylation sites (tertiary alicyclic amines) is 2. The Morgan fingerprint density at radius 1 is 0.875 bits per heavy atom. The second-order valence-corrected chi connectivity index (χ2v) is 8.80. The van der Waals surface area contributed by atoms with Gasteiger partial charge in [-0.2, -0.15) is 0 Å². The smallest absolute Gasteiger partial charge is 0.254 e. The maximum atomic E-state index is 13.5. The number of carbonyl (C=O) groups is 3. The molecule has 0 bridgehead atoms. The molecule has 0 unspecified atom stereocenters. The van der Waals surface area contributed by atoms with E-state index >= 15 is 0 Å². The van der Waals surface area contributed by atoms with Crippen molar-refractivity contribution in [3.63, 3.8) is 0 Å². The average Bonchev–Trinajstić information content (AvgIpc) is 3.49. The number of aryl methyl sites for hydroxylation is 1. The summed E-state index contributed by atoms with van der Waals surface area (Å²) >= 11 is 0. The van der Waals surface area contributed by atoms with Crippen molar-refractivity contribution in [1.29, 1.82) is 0 Å². The molecule has 3 amide bonds. The molecular weight excluding hydrogens is 402 g/mol. The van der Waals surface area contributed by atoms with Crippen LogP contribution in [0.2, 0.25) is 0 Å². The Kier molecular flexibility index (Phi) is 6.58. The van der Waals surface area contributed by atoms with Crippen LogP contribution >= 0.6 is 0 Å². The molecule has 4 rings (SSSR count). The van der Waals surface area contributed by atoms with Gasteiger partial charge >= 0.3 is 0 Å². The molecular formula is C26H31N3O3. The largest absolute Gasteiger partial charge is 0.348 e. The zero-order valence-electron chi connectivity index (χ0n) is 18.8. The first-order chi connectivity index (χ1) is 15.5. The SMILES string of the molecule is Cc1ccccc1C(=O)N1CCC[C@H]1C(=O)N1CCC[C@H]1C(=O)N[C@@H](C)c1ccccc1. The zero-order valence-corrected chi connectivity index (χ0v) is 18.8. The van der Waals surface area contributed by atoms with Crippen LogP contribution in [0.25, 0.3) is 0 Å². The first-order valence-electron chi connectivity index (χ1n) is 11.5. The summed E-state index contributed by atoms with van der Waals surface area (Å²) in [5.41, 5.74) is 2.58. The maximum Gasteiger partial charge on any atom is 0.254 e. The lowest BCUT2D eigenvalue weighted by Crippen LogP contribution is -2.53. The van der Waals surface area contributed by atoms with Gasteiger partial charge in [0, 0.05) is 18.7 Å². The second-order valence-electron chi connectivity index (χ2n) is 8.80. The van der Waals surface area contributed by atoms with Gasteiger partial charge in [-0.15, -0.1) is 0 Å². The second kappa shape index (κ2) is 9.55. The van der Waals surface area contributed by atoms with E-state index in [2.05, 4.69) is 5.32 Å². The van der Waals surface area contributed by atoms with Crippen molar-refractivity contribution in [3.05, 3.63) is 71.3 Å². The van der Waals surface area contributed by atoms with Gasteiger partial charge in [-0.1, -0.05) is 48.5 Å². The summed E-state index contributed by atoms with van der Waals surface area (Å²) in [4.78, 5) is 43.1. The summed E-state index contributed by atoms with van der Waals surface area (Å²) in [6.07, 6.45) is 2.88. The normalized spacial score (nSPS) is 21.4. The molecule has 2 fully saturated rings. The van der Waals surface area contributed by atoms with Crippen LogP contribution in [0.5, 0.6) is 0 Å². The highest BCUT2D eigenvalue weighted by Gasteiger charge is 2.42. The predicted molar refractivity (Wildman–Crippen MR) is 123 cm³/mol. The quantitative estimate of drug-likeness (QED) is 0.785. The molecule has 0 spiro atoms. The van der Waals surface area contributed by atoms with Gasteiger partial charge in [0.25, 0.3) is 5.91 Å². The van der Waals surface area contributed by atoms with Gasteiger partial charge in [0.2, 0.25) is 11.8 Å². The third-order valence-electron chi connectivity index (χ3n) is 6.67. The molecule has 2 aliphatic rings. The summed E-state index contributed by atoms with van der Waals surface area (Å²) in [5.74, 6) is -0.326. The third kappa shape index (κ3) is 4.40. The van der Waals surface area contributed by atoms with Crippen molar-refractivity contribution in [2.75, 3.05) is 13.1 Å². The lowest BCUT2D eigenvalue weighted by molar-refractivity contribution is -0.141. The van der Waals surface area contributed by atoms with Crippen molar-refractivity contribution in [2.24, 2.45) is 0 Å². The number of nitrogens with one attached hydrogen (secondary N) is 1. The number of hydrogen-bond donors (Lipinski definition) is 1. The van der Waals surface area contributed by atoms with E-state index in [-0.39, 0.29) is 23.8 Å². The molecule has 168 valence electrons. The monoisotopic (exact) mass is 433 g/mol. The summed E-state index contributed by atoms with van der Waals surface area (Å²) in [6.45, 7) is 4.99. The highest BCUT2D eigenvalue weighted by Crippen LogP contribution is 2.27. The van der Waals surface area contributed by atoms with Crippen molar-refractivity contribution in [3.8, 4) is 0 Å². The van der Waals surface area contributed by atoms with Crippen molar-refractivity contribution in [2.45, 2.75) is 57.7 Å². The Morgan fingerprint density at radius 2 is 1.50 bits per heavy atom. The average molecular weight is 434 g/mol. The van der Waals surface area contributed by atoms with E-state index in [1.807, 2.05) is 68.4 Å². The molecule has 0 saturated carbocycles. The molecule has 2 saturated heterocycles. The Balaban J connectivity index is 1.46. The van der Waals surface area contributed by atoms with Crippen LogP contribution in [0.4, 0.5) is 0 Å². The van der Waals surface area contributed by atoms with Gasteiger partial charge in [0.1, 0.15) is 12.1 Å². The summed E-state index contributed by atoms with van der Waals surface area (Å²) in [7, 11) is 0. The number of rotatable bonds is 5. The number of hydrogen-bond acceptors (Lipinski definition) is 3.